The number of hydrogen-bond acceptors (Lipinski definition) is 3. The molecule has 1 unspecified atom stereocenters. The van der Waals surface area contributed by atoms with E-state index in [2.05, 4.69) is 21.7 Å². The second kappa shape index (κ2) is 7.09. The predicted molar refractivity (Wildman–Crippen MR) is 94.0 cm³/mol. The molecule has 1 aliphatic heterocycles. The van der Waals surface area contributed by atoms with E-state index in [4.69, 9.17) is 6.42 Å². The maximum absolute atomic E-state index is 12.3. The highest BCUT2D eigenvalue weighted by atomic mass is 16.2. The predicted octanol–water partition coefficient (Wildman–Crippen LogP) is 1.85. The van der Waals surface area contributed by atoms with E-state index in [1.54, 1.807) is 22.7 Å². The number of amides is 3. The molecule has 0 saturated heterocycles. The highest BCUT2D eigenvalue weighted by Gasteiger charge is 2.24. The molecule has 1 aliphatic rings. The number of benzene rings is 1. The lowest BCUT2D eigenvalue weighted by Gasteiger charge is -2.22. The Kier molecular flexibility index (Phi) is 4.70. The first-order valence-corrected chi connectivity index (χ1v) is 7.97. The average molecular weight is 337 g/mol. The molecule has 2 N–H and O–H groups in total. The average Bonchev–Trinajstić information content (AvgIpc) is 3.02. The summed E-state index contributed by atoms with van der Waals surface area (Å²) in [5.74, 6) is 2.80. The Morgan fingerprint density at radius 1 is 1.36 bits per heavy atom. The molecule has 0 aliphatic carbocycles. The zero-order valence-electron chi connectivity index (χ0n) is 13.9. The minimum atomic E-state index is -0.416. The zero-order valence-corrected chi connectivity index (χ0v) is 13.9. The number of carbonyl (C=O) groups is 2. The number of nitrogens with one attached hydrogen (secondary N) is 2. The summed E-state index contributed by atoms with van der Waals surface area (Å²) in [5, 5.41) is 9.78. The monoisotopic (exact) mass is 337 g/mol. The third-order valence-corrected chi connectivity index (χ3v) is 4.06. The molecule has 2 aromatic rings. The molecule has 3 amide bonds. The van der Waals surface area contributed by atoms with Gasteiger partial charge in [0.1, 0.15) is 5.69 Å². The van der Waals surface area contributed by atoms with Gasteiger partial charge in [-0.15, -0.1) is 12.3 Å². The topological polar surface area (TPSA) is 79.3 Å². The summed E-state index contributed by atoms with van der Waals surface area (Å²) in [6, 6.07) is 10.4. The number of carbonyl (C=O) groups excluding carboxylic acids is 2. The molecule has 1 aromatic carbocycles. The first-order valence-electron chi connectivity index (χ1n) is 7.97. The highest BCUT2D eigenvalue weighted by Crippen LogP contribution is 2.18. The van der Waals surface area contributed by atoms with Gasteiger partial charge in [0.25, 0.3) is 5.91 Å². The molecular weight excluding hydrogens is 318 g/mol. The Labute approximate surface area is 146 Å². The van der Waals surface area contributed by atoms with Crippen LogP contribution >= 0.6 is 0 Å². The number of rotatable bonds is 4. The minimum absolute atomic E-state index is 0.110. The van der Waals surface area contributed by atoms with Crippen molar-refractivity contribution in [2.45, 2.75) is 19.0 Å². The molecule has 7 nitrogen and oxygen atoms in total. The maximum atomic E-state index is 12.3. The van der Waals surface area contributed by atoms with Gasteiger partial charge in [0.05, 0.1) is 12.6 Å². The number of anilines is 1. The maximum Gasteiger partial charge on any atom is 0.320 e. The lowest BCUT2D eigenvalue weighted by atomic mass is 10.0. The van der Waals surface area contributed by atoms with E-state index in [1.807, 2.05) is 30.3 Å². The van der Waals surface area contributed by atoms with Gasteiger partial charge < -0.3 is 10.2 Å². The summed E-state index contributed by atoms with van der Waals surface area (Å²) in [6.45, 7) is 1.20. The van der Waals surface area contributed by atoms with Crippen LogP contribution in [0.5, 0.6) is 0 Å². The van der Waals surface area contributed by atoms with Crippen LogP contribution < -0.4 is 10.6 Å². The van der Waals surface area contributed by atoms with Gasteiger partial charge in [0, 0.05) is 26.1 Å². The van der Waals surface area contributed by atoms with Crippen LogP contribution in [-0.2, 0) is 6.54 Å². The molecule has 0 radical (unpaired) electrons. The SMILES string of the molecule is C#CCC(NC(=O)Nc1cc2n(n1)CCN(C)C2=O)c1ccccc1. The number of fused-ring (bicyclic) bond motifs is 1. The van der Waals surface area contributed by atoms with E-state index in [0.29, 0.717) is 31.0 Å². The van der Waals surface area contributed by atoms with Crippen molar-refractivity contribution >= 4 is 17.8 Å². The van der Waals surface area contributed by atoms with Crippen LogP contribution in [0.4, 0.5) is 10.6 Å². The van der Waals surface area contributed by atoms with Gasteiger partial charge in [0.2, 0.25) is 0 Å². The number of terminal acetylenes is 1. The summed E-state index contributed by atoms with van der Waals surface area (Å²) < 4.78 is 1.61. The minimum Gasteiger partial charge on any atom is -0.339 e. The molecule has 0 saturated carbocycles. The van der Waals surface area contributed by atoms with E-state index >= 15 is 0 Å². The van der Waals surface area contributed by atoms with Crippen molar-refractivity contribution in [3.63, 3.8) is 0 Å². The van der Waals surface area contributed by atoms with Crippen LogP contribution in [0.3, 0.4) is 0 Å². The molecule has 128 valence electrons. The Morgan fingerprint density at radius 2 is 2.12 bits per heavy atom. The molecule has 7 heteroatoms. The summed E-state index contributed by atoms with van der Waals surface area (Å²) in [5.41, 5.74) is 1.39. The first kappa shape index (κ1) is 16.6. The van der Waals surface area contributed by atoms with Crippen LogP contribution in [0.25, 0.3) is 0 Å². The van der Waals surface area contributed by atoms with Crippen LogP contribution in [0, 0.1) is 12.3 Å². The Hall–Kier alpha value is -3.27. The number of hydrogen-bond donors (Lipinski definition) is 2. The standard InChI is InChI=1S/C18H19N5O2/c1-3-7-14(13-8-5-4-6-9-13)19-18(25)20-16-12-15-17(24)22(2)10-11-23(15)21-16/h1,4-6,8-9,12,14H,7,10-11H2,2H3,(H2,19,20,21,25). The van der Waals surface area contributed by atoms with Crippen molar-refractivity contribution in [1.82, 2.24) is 20.0 Å². The summed E-state index contributed by atoms with van der Waals surface area (Å²) in [6.07, 6.45) is 5.79. The fraction of sp³-hybridized carbons (Fsp3) is 0.278. The first-order chi connectivity index (χ1) is 12.1. The van der Waals surface area contributed by atoms with Crippen LogP contribution in [0.1, 0.15) is 28.5 Å². The van der Waals surface area contributed by atoms with Gasteiger partial charge in [0.15, 0.2) is 5.82 Å². The van der Waals surface area contributed by atoms with Crippen LogP contribution in [0.15, 0.2) is 36.4 Å². The third kappa shape index (κ3) is 3.63. The van der Waals surface area contributed by atoms with Gasteiger partial charge in [-0.1, -0.05) is 30.3 Å². The van der Waals surface area contributed by atoms with Gasteiger partial charge in [-0.05, 0) is 5.56 Å². The van der Waals surface area contributed by atoms with Gasteiger partial charge in [-0.25, -0.2) is 4.79 Å². The molecule has 25 heavy (non-hydrogen) atoms. The summed E-state index contributed by atoms with van der Waals surface area (Å²) >= 11 is 0. The molecule has 1 aromatic heterocycles. The van der Waals surface area contributed by atoms with E-state index in [9.17, 15) is 9.59 Å². The lowest BCUT2D eigenvalue weighted by Crippen LogP contribution is -2.37. The second-order valence-corrected chi connectivity index (χ2v) is 5.83. The number of likely N-dealkylation sites (N-methyl/N-ethyl adjacent to an activating group) is 1. The van der Waals surface area contributed by atoms with Crippen molar-refractivity contribution in [2.24, 2.45) is 0 Å². The molecule has 3 rings (SSSR count). The molecule has 1 atom stereocenters. The van der Waals surface area contributed by atoms with E-state index in [1.165, 1.54) is 0 Å². The van der Waals surface area contributed by atoms with Crippen molar-refractivity contribution in [2.75, 3.05) is 18.9 Å². The number of urea groups is 1. The van der Waals surface area contributed by atoms with Crippen molar-refractivity contribution in [1.29, 1.82) is 0 Å². The Balaban J connectivity index is 1.69. The smallest absolute Gasteiger partial charge is 0.320 e. The highest BCUT2D eigenvalue weighted by molar-refractivity contribution is 5.95. The number of nitrogens with zero attached hydrogens (tertiary/aromatic N) is 3. The molecule has 0 fully saturated rings. The zero-order chi connectivity index (χ0) is 17.8. The van der Waals surface area contributed by atoms with Crippen molar-refractivity contribution in [3.05, 3.63) is 47.7 Å². The Morgan fingerprint density at radius 3 is 2.84 bits per heavy atom. The van der Waals surface area contributed by atoms with E-state index in [0.717, 1.165) is 5.56 Å². The van der Waals surface area contributed by atoms with Gasteiger partial charge in [-0.2, -0.15) is 5.10 Å². The van der Waals surface area contributed by atoms with Crippen LogP contribution in [0.2, 0.25) is 0 Å². The molecular formula is C18H19N5O2. The molecule has 2 heterocycles. The second-order valence-electron chi connectivity index (χ2n) is 5.83. The van der Waals surface area contributed by atoms with Gasteiger partial charge >= 0.3 is 6.03 Å². The largest absolute Gasteiger partial charge is 0.339 e. The van der Waals surface area contributed by atoms with Crippen molar-refractivity contribution < 1.29 is 9.59 Å². The van der Waals surface area contributed by atoms with Gasteiger partial charge in [-0.3, -0.25) is 14.8 Å². The van der Waals surface area contributed by atoms with Crippen molar-refractivity contribution in [3.8, 4) is 12.3 Å². The van der Waals surface area contributed by atoms with E-state index in [-0.39, 0.29) is 11.9 Å². The van der Waals surface area contributed by atoms with Crippen LogP contribution in [-0.4, -0.2) is 40.2 Å². The molecule has 0 spiro atoms. The normalized spacial score (nSPS) is 14.4. The quantitative estimate of drug-likeness (QED) is 0.836. The third-order valence-electron chi connectivity index (χ3n) is 4.06. The number of aromatic nitrogens is 2. The summed E-state index contributed by atoms with van der Waals surface area (Å²) in [4.78, 5) is 26.0. The van der Waals surface area contributed by atoms with E-state index < -0.39 is 6.03 Å². The molecule has 0 bridgehead atoms. The fourth-order valence-electron chi connectivity index (χ4n) is 2.73. The fourth-order valence-corrected chi connectivity index (χ4v) is 2.73. The summed E-state index contributed by atoms with van der Waals surface area (Å²) in [7, 11) is 1.74. The Bertz CT molecular complexity index is 822. The lowest BCUT2D eigenvalue weighted by molar-refractivity contribution is 0.0743.